The molecule has 4 nitrogen and oxygen atoms in total. The number of carbonyl (C=O) groups is 2. The van der Waals surface area contributed by atoms with Gasteiger partial charge in [-0.1, -0.05) is 84.9 Å². The van der Waals surface area contributed by atoms with E-state index < -0.39 is 40.9 Å². The molecule has 50 heavy (non-hydrogen) atoms. The lowest BCUT2D eigenvalue weighted by Crippen LogP contribution is -2.29. The second kappa shape index (κ2) is 11.2. The Morgan fingerprint density at radius 3 is 1.94 bits per heavy atom. The van der Waals surface area contributed by atoms with Crippen molar-refractivity contribution in [2.45, 2.75) is 12.4 Å². The summed E-state index contributed by atoms with van der Waals surface area (Å²) in [6.45, 7) is 0. The highest BCUT2D eigenvalue weighted by Gasteiger charge is 2.40. The van der Waals surface area contributed by atoms with Crippen LogP contribution in [0, 0.1) is 0 Å². The van der Waals surface area contributed by atoms with Gasteiger partial charge < -0.3 is 4.57 Å². The van der Waals surface area contributed by atoms with Gasteiger partial charge in [-0.05, 0) is 70.8 Å². The van der Waals surface area contributed by atoms with E-state index in [-0.39, 0.29) is 22.8 Å². The van der Waals surface area contributed by atoms with Crippen molar-refractivity contribution in [3.63, 3.8) is 0 Å². The van der Waals surface area contributed by atoms with Gasteiger partial charge in [-0.15, -0.1) is 0 Å². The number of rotatable bonds is 4. The maximum atomic E-state index is 14.3. The van der Waals surface area contributed by atoms with Crippen molar-refractivity contribution in [1.82, 2.24) is 4.57 Å². The number of alkyl halides is 6. The molecule has 8 rings (SSSR count). The summed E-state index contributed by atoms with van der Waals surface area (Å²) in [6, 6.07) is 34.6. The van der Waals surface area contributed by atoms with Crippen LogP contribution >= 0.6 is 0 Å². The minimum Gasteiger partial charge on any atom is -0.308 e. The van der Waals surface area contributed by atoms with E-state index in [2.05, 4.69) is 0 Å². The van der Waals surface area contributed by atoms with Gasteiger partial charge in [0.25, 0.3) is 11.8 Å². The van der Waals surface area contributed by atoms with Crippen LogP contribution in [-0.4, -0.2) is 16.4 Å². The van der Waals surface area contributed by atoms with Crippen LogP contribution in [-0.2, 0) is 12.4 Å². The van der Waals surface area contributed by atoms with Crippen molar-refractivity contribution < 1.29 is 35.9 Å². The van der Waals surface area contributed by atoms with Crippen molar-refractivity contribution >= 4 is 39.3 Å². The van der Waals surface area contributed by atoms with Crippen molar-refractivity contribution in [3.05, 3.63) is 156 Å². The standard InChI is InChI=1S/C40H22F6N2O2/c41-39(42,43)26-17-19-28(32(22-26)40(44,45)46)25-16-18-30-29-12-4-5-14-33(29)48(35(30)21-25)34-15-7-13-31-36(34)38(50)47(37(31)49)27-11-6-10-24(20-27)23-8-2-1-3-9-23/h1-22H. The number of fused-ring (bicyclic) bond motifs is 4. The molecule has 7 aromatic rings. The van der Waals surface area contributed by atoms with Crippen molar-refractivity contribution in [2.24, 2.45) is 0 Å². The Balaban J connectivity index is 1.32. The van der Waals surface area contributed by atoms with Gasteiger partial charge in [-0.3, -0.25) is 9.59 Å². The van der Waals surface area contributed by atoms with E-state index in [1.807, 2.05) is 42.5 Å². The fourth-order valence-electron chi connectivity index (χ4n) is 6.75. The largest absolute Gasteiger partial charge is 0.417 e. The Labute approximate surface area is 280 Å². The predicted octanol–water partition coefficient (Wildman–Crippen LogP) is 11.0. The molecule has 2 heterocycles. The van der Waals surface area contributed by atoms with Crippen LogP contribution in [0.1, 0.15) is 31.8 Å². The molecule has 1 aromatic heterocycles. The summed E-state index contributed by atoms with van der Waals surface area (Å²) in [4.78, 5) is 29.3. The van der Waals surface area contributed by atoms with E-state index in [1.54, 1.807) is 65.2 Å². The monoisotopic (exact) mass is 676 g/mol. The number of benzene rings is 6. The number of halogens is 6. The third-order valence-electron chi connectivity index (χ3n) is 8.98. The number of hydrogen-bond donors (Lipinski definition) is 0. The Morgan fingerprint density at radius 1 is 0.480 bits per heavy atom. The average Bonchev–Trinajstić information content (AvgIpc) is 3.57. The van der Waals surface area contributed by atoms with Crippen molar-refractivity contribution in [2.75, 3.05) is 4.90 Å². The Hall–Kier alpha value is -6.16. The summed E-state index contributed by atoms with van der Waals surface area (Å²) >= 11 is 0. The quantitative estimate of drug-likeness (QED) is 0.138. The molecule has 0 fully saturated rings. The second-order valence-corrected chi connectivity index (χ2v) is 11.9. The first-order chi connectivity index (χ1) is 23.9. The molecule has 6 aromatic carbocycles. The van der Waals surface area contributed by atoms with Crippen LogP contribution < -0.4 is 4.90 Å². The summed E-state index contributed by atoms with van der Waals surface area (Å²) in [7, 11) is 0. The number of anilines is 1. The molecular formula is C40H22F6N2O2. The fraction of sp³-hybridized carbons (Fsp3) is 0.0500. The average molecular weight is 677 g/mol. The number of imide groups is 1. The molecule has 0 spiro atoms. The first kappa shape index (κ1) is 31.1. The molecule has 2 amide bonds. The zero-order chi connectivity index (χ0) is 34.9. The summed E-state index contributed by atoms with van der Waals surface area (Å²) in [5.41, 5.74) is 0.430. The predicted molar refractivity (Wildman–Crippen MR) is 179 cm³/mol. The maximum Gasteiger partial charge on any atom is 0.417 e. The summed E-state index contributed by atoms with van der Waals surface area (Å²) in [5.74, 6) is -1.10. The molecule has 0 aliphatic carbocycles. The van der Waals surface area contributed by atoms with E-state index in [0.29, 0.717) is 33.9 Å². The van der Waals surface area contributed by atoms with Gasteiger partial charge in [0.2, 0.25) is 0 Å². The molecule has 1 aliphatic heterocycles. The van der Waals surface area contributed by atoms with E-state index >= 15 is 0 Å². The molecule has 0 saturated carbocycles. The third kappa shape index (κ3) is 4.94. The first-order valence-corrected chi connectivity index (χ1v) is 15.4. The lowest BCUT2D eigenvalue weighted by Gasteiger charge is -2.17. The van der Waals surface area contributed by atoms with Crippen LogP contribution in [0.25, 0.3) is 49.7 Å². The van der Waals surface area contributed by atoms with Gasteiger partial charge in [-0.25, -0.2) is 4.90 Å². The maximum absolute atomic E-state index is 14.3. The van der Waals surface area contributed by atoms with Gasteiger partial charge in [0.1, 0.15) is 0 Å². The van der Waals surface area contributed by atoms with E-state index in [1.165, 1.54) is 12.1 Å². The fourth-order valence-corrected chi connectivity index (χ4v) is 6.75. The molecule has 10 heteroatoms. The molecule has 1 aliphatic rings. The molecule has 0 N–H and O–H groups in total. The molecule has 246 valence electrons. The van der Waals surface area contributed by atoms with Gasteiger partial charge in [0.15, 0.2) is 0 Å². The number of carbonyl (C=O) groups excluding carboxylic acids is 2. The SMILES string of the molecule is O=C1c2cccc(-n3c4ccccc4c4ccc(-c5ccc(C(F)(F)F)cc5C(F)(F)F)cc43)c2C(=O)N1c1cccc(-c2ccccc2)c1. The highest BCUT2D eigenvalue weighted by atomic mass is 19.4. The lowest BCUT2D eigenvalue weighted by atomic mass is 9.96. The Kier molecular flexibility index (Phi) is 6.97. The summed E-state index contributed by atoms with van der Waals surface area (Å²) in [5, 5.41) is 1.35. The van der Waals surface area contributed by atoms with E-state index in [0.717, 1.165) is 27.5 Å². The molecule has 0 saturated heterocycles. The van der Waals surface area contributed by atoms with Gasteiger partial charge >= 0.3 is 12.4 Å². The summed E-state index contributed by atoms with van der Waals surface area (Å²) < 4.78 is 84.6. The smallest absolute Gasteiger partial charge is 0.308 e. The van der Waals surface area contributed by atoms with E-state index in [9.17, 15) is 35.9 Å². The van der Waals surface area contributed by atoms with Crippen LogP contribution in [0.4, 0.5) is 32.0 Å². The van der Waals surface area contributed by atoms with Gasteiger partial charge in [-0.2, -0.15) is 26.3 Å². The third-order valence-corrected chi connectivity index (χ3v) is 8.98. The molecular weight excluding hydrogens is 654 g/mol. The molecule has 0 atom stereocenters. The van der Waals surface area contributed by atoms with Crippen LogP contribution in [0.15, 0.2) is 133 Å². The molecule has 0 bridgehead atoms. The summed E-state index contributed by atoms with van der Waals surface area (Å²) in [6.07, 6.45) is -10.0. The van der Waals surface area contributed by atoms with E-state index in [4.69, 9.17) is 0 Å². The van der Waals surface area contributed by atoms with Crippen LogP contribution in [0.5, 0.6) is 0 Å². The minimum absolute atomic E-state index is 0.0249. The highest BCUT2D eigenvalue weighted by molar-refractivity contribution is 6.36. The second-order valence-electron chi connectivity index (χ2n) is 11.9. The number of amides is 2. The lowest BCUT2D eigenvalue weighted by molar-refractivity contribution is -0.142. The number of aromatic nitrogens is 1. The Bertz CT molecular complexity index is 2510. The normalized spacial score (nSPS) is 13.4. The van der Waals surface area contributed by atoms with Crippen molar-refractivity contribution in [1.29, 1.82) is 0 Å². The Morgan fingerprint density at radius 2 is 1.18 bits per heavy atom. The minimum atomic E-state index is -5.08. The van der Waals surface area contributed by atoms with Crippen LogP contribution in [0.2, 0.25) is 0 Å². The van der Waals surface area contributed by atoms with Crippen molar-refractivity contribution in [3.8, 4) is 27.9 Å². The zero-order valence-corrected chi connectivity index (χ0v) is 25.7. The number of para-hydroxylation sites is 1. The molecule has 0 unspecified atom stereocenters. The highest BCUT2D eigenvalue weighted by Crippen LogP contribution is 2.43. The topological polar surface area (TPSA) is 42.3 Å². The first-order valence-electron chi connectivity index (χ1n) is 15.4. The van der Waals surface area contributed by atoms with Gasteiger partial charge in [0, 0.05) is 10.8 Å². The molecule has 0 radical (unpaired) electrons. The van der Waals surface area contributed by atoms with Gasteiger partial charge in [0.05, 0.1) is 44.7 Å². The zero-order valence-electron chi connectivity index (χ0n) is 25.7. The number of nitrogens with zero attached hydrogens (tertiary/aromatic N) is 2. The number of hydrogen-bond acceptors (Lipinski definition) is 2. The van der Waals surface area contributed by atoms with Crippen LogP contribution in [0.3, 0.4) is 0 Å².